The van der Waals surface area contributed by atoms with E-state index in [1.165, 1.54) is 24.3 Å². The molecule has 1 aromatic carbocycles. The van der Waals surface area contributed by atoms with Gasteiger partial charge in [-0.15, -0.1) is 0 Å². The van der Waals surface area contributed by atoms with Crippen molar-refractivity contribution >= 4 is 13.8 Å². The van der Waals surface area contributed by atoms with Gasteiger partial charge in [0.25, 0.3) is 0 Å². The number of phosphoric ester groups is 1. The SMILES string of the molecule is [2H]OP(=O)(O)Oc1ccc(C[C@H](N)C(=O)O)cc1. The van der Waals surface area contributed by atoms with Crippen LogP contribution in [0.15, 0.2) is 24.3 Å². The third-order valence-corrected chi connectivity index (χ3v) is 2.36. The fraction of sp³-hybridized carbons (Fsp3) is 0.222. The molecule has 0 bridgehead atoms. The molecule has 0 aliphatic carbocycles. The Morgan fingerprint density at radius 1 is 1.53 bits per heavy atom. The fourth-order valence-electron chi connectivity index (χ4n) is 1.16. The molecular weight excluding hydrogens is 249 g/mol. The lowest BCUT2D eigenvalue weighted by Gasteiger charge is -2.09. The third-order valence-electron chi connectivity index (χ3n) is 1.92. The molecule has 1 unspecified atom stereocenters. The summed E-state index contributed by atoms with van der Waals surface area (Å²) in [5, 5.41) is 8.63. The second-order valence-electron chi connectivity index (χ2n) is 3.35. The number of benzene rings is 1. The maximum absolute atomic E-state index is 10.9. The quantitative estimate of drug-likeness (QED) is 0.535. The van der Waals surface area contributed by atoms with Crippen molar-refractivity contribution in [3.63, 3.8) is 0 Å². The van der Waals surface area contributed by atoms with E-state index < -0.39 is 19.8 Å². The number of nitrogens with two attached hydrogens (primary N) is 1. The van der Waals surface area contributed by atoms with Crippen molar-refractivity contribution in [2.24, 2.45) is 5.73 Å². The highest BCUT2D eigenvalue weighted by Crippen LogP contribution is 2.37. The Morgan fingerprint density at radius 3 is 2.59 bits per heavy atom. The smallest absolute Gasteiger partial charge is 0.480 e. The van der Waals surface area contributed by atoms with Gasteiger partial charge >= 0.3 is 13.8 Å². The Bertz CT molecular complexity index is 465. The molecule has 0 saturated heterocycles. The van der Waals surface area contributed by atoms with Gasteiger partial charge in [-0.1, -0.05) is 12.1 Å². The van der Waals surface area contributed by atoms with Crippen LogP contribution >= 0.6 is 7.82 Å². The molecule has 0 aromatic heterocycles. The number of aliphatic carboxylic acids is 1. The van der Waals surface area contributed by atoms with Crippen LogP contribution in [-0.2, 0) is 15.8 Å². The van der Waals surface area contributed by atoms with Crippen molar-refractivity contribution in [2.45, 2.75) is 12.5 Å². The summed E-state index contributed by atoms with van der Waals surface area (Å²) in [5.74, 6) is -1.08. The maximum Gasteiger partial charge on any atom is 0.524 e. The highest BCUT2D eigenvalue weighted by molar-refractivity contribution is 7.46. The van der Waals surface area contributed by atoms with Gasteiger partial charge in [0.2, 0.25) is 1.43 Å². The van der Waals surface area contributed by atoms with Gasteiger partial charge in [-0.2, -0.15) is 0 Å². The molecule has 1 rings (SSSR count). The van der Waals surface area contributed by atoms with Crippen molar-refractivity contribution in [3.8, 4) is 5.75 Å². The molecule has 8 heteroatoms. The van der Waals surface area contributed by atoms with Crippen molar-refractivity contribution in [1.29, 1.82) is 1.43 Å². The van der Waals surface area contributed by atoms with Crippen LogP contribution in [0.25, 0.3) is 0 Å². The first-order valence-corrected chi connectivity index (χ1v) is 6.08. The Balaban J connectivity index is 2.69. The zero-order valence-electron chi connectivity index (χ0n) is 9.65. The number of rotatable bonds is 6. The molecule has 1 aromatic rings. The maximum atomic E-state index is 10.9. The van der Waals surface area contributed by atoms with Crippen LogP contribution in [0.5, 0.6) is 5.75 Å². The highest BCUT2D eigenvalue weighted by atomic mass is 31.2. The van der Waals surface area contributed by atoms with Crippen LogP contribution in [0.2, 0.25) is 0 Å². The Hall–Kier alpha value is -1.40. The van der Waals surface area contributed by atoms with E-state index in [4.69, 9.17) is 17.2 Å². The predicted octanol–water partition coefficient (Wildman–Crippen LogP) is 0.112. The molecule has 7 nitrogen and oxygen atoms in total. The van der Waals surface area contributed by atoms with E-state index >= 15 is 0 Å². The minimum Gasteiger partial charge on any atom is -0.480 e. The third kappa shape index (κ3) is 4.97. The van der Waals surface area contributed by atoms with Crippen LogP contribution in [-0.4, -0.2) is 28.3 Å². The average molecular weight is 262 g/mol. The summed E-state index contributed by atoms with van der Waals surface area (Å²) in [6.45, 7) is 0. The van der Waals surface area contributed by atoms with Gasteiger partial charge < -0.3 is 15.4 Å². The van der Waals surface area contributed by atoms with E-state index in [2.05, 4.69) is 9.42 Å². The molecular formula is C9H12NO6P. The monoisotopic (exact) mass is 262 g/mol. The molecule has 0 amide bonds. The zero-order chi connectivity index (χ0) is 13.8. The minimum atomic E-state index is -4.41. The van der Waals surface area contributed by atoms with E-state index in [0.717, 1.165) is 0 Å². The van der Waals surface area contributed by atoms with Crippen molar-refractivity contribution < 1.29 is 28.8 Å². The molecule has 2 atom stereocenters. The molecule has 0 spiro atoms. The van der Waals surface area contributed by atoms with Gasteiger partial charge in [0.15, 0.2) is 0 Å². The normalized spacial score (nSPS) is 16.7. The summed E-state index contributed by atoms with van der Waals surface area (Å²) in [6, 6.07) is 4.69. The van der Waals surface area contributed by atoms with E-state index in [-0.39, 0.29) is 12.2 Å². The Morgan fingerprint density at radius 2 is 2.12 bits per heavy atom. The van der Waals surface area contributed by atoms with Gasteiger partial charge in [-0.25, -0.2) is 4.57 Å². The Labute approximate surface area is 98.6 Å². The van der Waals surface area contributed by atoms with Gasteiger partial charge in [-0.3, -0.25) is 14.6 Å². The summed E-state index contributed by atoms with van der Waals surface area (Å²) in [6.07, 6.45) is 0.126. The van der Waals surface area contributed by atoms with E-state index in [1.807, 2.05) is 0 Å². The van der Waals surface area contributed by atoms with Crippen LogP contribution in [0.4, 0.5) is 0 Å². The standard InChI is InChI=1S/C9H12NO6P/c10-8(9(11)12)5-6-1-3-7(4-2-6)16-17(13,14)15/h1-4,8H,5,10H2,(H,11,12)(H2,13,14,15)/t8-/m0/s1/i/hD. The molecule has 0 heterocycles. The lowest BCUT2D eigenvalue weighted by atomic mass is 10.1. The topological polar surface area (TPSA) is 130 Å². The van der Waals surface area contributed by atoms with Crippen LogP contribution in [0.1, 0.15) is 5.56 Å². The summed E-state index contributed by atoms with van der Waals surface area (Å²) >= 11 is 0. The van der Waals surface area contributed by atoms with Crippen LogP contribution in [0, 0.1) is 0 Å². The zero-order valence-corrected chi connectivity index (χ0v) is 9.54. The van der Waals surface area contributed by atoms with E-state index in [0.29, 0.717) is 5.56 Å². The van der Waals surface area contributed by atoms with Gasteiger partial charge in [0.05, 0.1) is 0 Å². The second-order valence-corrected chi connectivity index (χ2v) is 4.47. The lowest BCUT2D eigenvalue weighted by Crippen LogP contribution is -2.32. The summed E-state index contributed by atoms with van der Waals surface area (Å²) in [5.41, 5.74) is 5.99. The summed E-state index contributed by atoms with van der Waals surface area (Å²) in [4.78, 5) is 22.9. The van der Waals surface area contributed by atoms with Crippen molar-refractivity contribution in [3.05, 3.63) is 29.8 Å². The average Bonchev–Trinajstić information content (AvgIpc) is 2.31. The molecule has 5 N–H and O–H groups in total. The lowest BCUT2D eigenvalue weighted by molar-refractivity contribution is -0.138. The molecule has 94 valence electrons. The molecule has 0 saturated carbocycles. The number of phosphoric acid groups is 1. The molecule has 0 aliphatic heterocycles. The summed E-state index contributed by atoms with van der Waals surface area (Å²) in [7, 11) is -4.41. The predicted molar refractivity (Wildman–Crippen MR) is 58.4 cm³/mol. The van der Waals surface area contributed by atoms with E-state index in [9.17, 15) is 9.36 Å². The molecule has 0 fully saturated rings. The molecule has 0 radical (unpaired) electrons. The number of carboxylic acid groups (broad SMARTS) is 1. The second kappa shape index (κ2) is 5.29. The molecule has 17 heavy (non-hydrogen) atoms. The van der Waals surface area contributed by atoms with Crippen LogP contribution in [0.3, 0.4) is 0 Å². The fourth-order valence-corrected chi connectivity index (χ4v) is 1.55. The van der Waals surface area contributed by atoms with Crippen molar-refractivity contribution in [1.82, 2.24) is 0 Å². The van der Waals surface area contributed by atoms with Gasteiger partial charge in [0.1, 0.15) is 11.8 Å². The van der Waals surface area contributed by atoms with E-state index in [1.54, 1.807) is 0 Å². The first kappa shape index (κ1) is 12.1. The van der Waals surface area contributed by atoms with Crippen LogP contribution < -0.4 is 10.3 Å². The van der Waals surface area contributed by atoms with Gasteiger partial charge in [-0.05, 0) is 24.1 Å². The number of carbonyl (C=O) groups is 1. The minimum absolute atomic E-state index is 0.0285. The summed E-state index contributed by atoms with van der Waals surface area (Å²) < 4.78 is 21.8. The van der Waals surface area contributed by atoms with Crippen molar-refractivity contribution in [2.75, 3.05) is 0 Å². The first-order valence-electron chi connectivity index (χ1n) is 4.99. The number of hydrogen-bond acceptors (Lipinski definition) is 5. The molecule has 0 aliphatic rings. The first-order chi connectivity index (χ1) is 8.34. The largest absolute Gasteiger partial charge is 0.524 e. The van der Waals surface area contributed by atoms with Gasteiger partial charge in [0, 0.05) is 0 Å². The Kier molecular flexibility index (Phi) is 3.75. The number of hydrogen-bond donors (Lipinski definition) is 4. The number of carboxylic acids is 1. The highest BCUT2D eigenvalue weighted by Gasteiger charge is 2.16.